The van der Waals surface area contributed by atoms with E-state index in [2.05, 4.69) is 266 Å². The molecular weight excluding hydrogens is 813 g/mol. The van der Waals surface area contributed by atoms with Gasteiger partial charge in [-0.15, -0.1) is 0 Å². The summed E-state index contributed by atoms with van der Waals surface area (Å²) in [6, 6.07) is 81.1. The third-order valence-corrected chi connectivity index (χ3v) is 13.5. The number of rotatable bonds is 10. The second-order valence-electron chi connectivity index (χ2n) is 17.2. The normalized spacial score (nSPS) is 14.5. The minimum Gasteiger partial charge on any atom is -0.459 e. The monoisotopic (exact) mass is 858 g/mol. The largest absolute Gasteiger partial charge is 0.459 e. The molecular formula is C64H46N2O. The summed E-state index contributed by atoms with van der Waals surface area (Å²) in [7, 11) is 0. The van der Waals surface area contributed by atoms with Crippen LogP contribution in [0.1, 0.15) is 29.4 Å². The number of benzene rings is 9. The minimum atomic E-state index is -0.719. The fourth-order valence-corrected chi connectivity index (χ4v) is 10.7. The summed E-state index contributed by atoms with van der Waals surface area (Å²) in [6.45, 7) is 6.16. The van der Waals surface area contributed by atoms with Crippen LogP contribution in [0.3, 0.4) is 0 Å². The molecule has 0 N–H and O–H groups in total. The van der Waals surface area contributed by atoms with Crippen LogP contribution in [0.25, 0.3) is 55.5 Å². The fourth-order valence-electron chi connectivity index (χ4n) is 10.7. The first-order valence-corrected chi connectivity index (χ1v) is 23.0. The lowest BCUT2D eigenvalue weighted by molar-refractivity contribution is 0.507. The number of nitrogens with zero attached hydrogens (tertiary/aromatic N) is 2. The van der Waals surface area contributed by atoms with Gasteiger partial charge in [-0.2, -0.15) is 0 Å². The molecule has 1 heterocycles. The summed E-state index contributed by atoms with van der Waals surface area (Å²) in [5.74, 6) is 0.970. The summed E-state index contributed by atoms with van der Waals surface area (Å²) in [5, 5.41) is 1.12. The number of allylic oxidation sites excluding steroid dienone is 4. The van der Waals surface area contributed by atoms with Crippen molar-refractivity contribution in [3.05, 3.63) is 283 Å². The van der Waals surface area contributed by atoms with Crippen LogP contribution in [-0.4, -0.2) is 0 Å². The van der Waals surface area contributed by atoms with Gasteiger partial charge in [-0.05, 0) is 148 Å². The van der Waals surface area contributed by atoms with Crippen molar-refractivity contribution in [1.29, 1.82) is 0 Å². The van der Waals surface area contributed by atoms with Crippen LogP contribution in [0.4, 0.5) is 28.4 Å². The van der Waals surface area contributed by atoms with Gasteiger partial charge in [0.1, 0.15) is 16.8 Å². The summed E-state index contributed by atoms with van der Waals surface area (Å²) < 4.78 is 7.20. The standard InChI is InChI=1S/C64H46N2O/c1-3-18-48(19-4-2)66(50-24-12-7-13-25-50)53-39-41-56-60(43-53)64(63-62(56)57-27-15-17-29-61(57)67-63)58-28-16-14-26-54(58)55-40-34-47(42-59(55)64)46-32-37-52(38-33-46)65(49-22-10-6-11-23-49)51-35-30-45(31-36-51)44-20-8-5-9-21-44/h3-43H,1H2,2H3/b19-4-,48-18+. The molecule has 3 heteroatoms. The number of hydrogen-bond acceptors (Lipinski definition) is 3. The number of hydrogen-bond donors (Lipinski definition) is 0. The van der Waals surface area contributed by atoms with Crippen molar-refractivity contribution in [2.75, 3.05) is 9.80 Å². The van der Waals surface area contributed by atoms with Gasteiger partial charge in [0, 0.05) is 45.1 Å². The first-order chi connectivity index (χ1) is 33.1. The molecule has 1 unspecified atom stereocenters. The van der Waals surface area contributed by atoms with E-state index in [0.717, 1.165) is 67.6 Å². The van der Waals surface area contributed by atoms with Crippen LogP contribution >= 0.6 is 0 Å². The Kier molecular flexibility index (Phi) is 9.77. The van der Waals surface area contributed by atoms with Gasteiger partial charge in [0.15, 0.2) is 0 Å². The molecule has 0 aliphatic heterocycles. The van der Waals surface area contributed by atoms with Crippen LogP contribution < -0.4 is 9.80 Å². The molecule has 0 radical (unpaired) electrons. The smallest absolute Gasteiger partial charge is 0.135 e. The molecule has 2 aliphatic rings. The maximum atomic E-state index is 7.20. The van der Waals surface area contributed by atoms with E-state index < -0.39 is 5.41 Å². The highest BCUT2D eigenvalue weighted by atomic mass is 16.3. The highest BCUT2D eigenvalue weighted by molar-refractivity contribution is 6.05. The van der Waals surface area contributed by atoms with Crippen molar-refractivity contribution in [3.63, 3.8) is 0 Å². The first kappa shape index (κ1) is 39.9. The maximum absolute atomic E-state index is 7.20. The number of para-hydroxylation sites is 3. The van der Waals surface area contributed by atoms with E-state index in [0.29, 0.717) is 0 Å². The SMILES string of the molecule is C=C/C=C(\C=C/C)N(c1ccccc1)c1ccc2c(c1)C1(c3ccccc3-c3ccc(-c4ccc(N(c5ccccc5)c5ccc(-c6ccccc6)cc5)cc4)cc31)c1oc3ccccc3c1-2. The van der Waals surface area contributed by atoms with E-state index >= 15 is 0 Å². The second kappa shape index (κ2) is 16.4. The molecule has 0 bridgehead atoms. The Balaban J connectivity index is 1.02. The fraction of sp³-hybridized carbons (Fsp3) is 0.0312. The van der Waals surface area contributed by atoms with Gasteiger partial charge >= 0.3 is 0 Å². The lowest BCUT2D eigenvalue weighted by atomic mass is 9.72. The summed E-state index contributed by atoms with van der Waals surface area (Å²) in [6.07, 6.45) is 8.17. The van der Waals surface area contributed by atoms with E-state index in [-0.39, 0.29) is 0 Å². The van der Waals surface area contributed by atoms with Crippen molar-refractivity contribution in [3.8, 4) is 44.5 Å². The van der Waals surface area contributed by atoms with E-state index in [1.54, 1.807) is 0 Å². The molecule has 9 aromatic carbocycles. The van der Waals surface area contributed by atoms with Crippen molar-refractivity contribution >= 4 is 39.4 Å². The zero-order chi connectivity index (χ0) is 44.9. The Bertz CT molecular complexity index is 3530. The number of furan rings is 1. The summed E-state index contributed by atoms with van der Waals surface area (Å²) in [4.78, 5) is 4.65. The molecule has 12 rings (SSSR count). The molecule has 1 spiro atoms. The van der Waals surface area contributed by atoms with Gasteiger partial charge in [0.05, 0.1) is 0 Å². The van der Waals surface area contributed by atoms with Crippen molar-refractivity contribution in [2.24, 2.45) is 0 Å². The van der Waals surface area contributed by atoms with Gasteiger partial charge in [-0.3, -0.25) is 0 Å². The topological polar surface area (TPSA) is 19.6 Å². The lowest BCUT2D eigenvalue weighted by Gasteiger charge is -2.31. The maximum Gasteiger partial charge on any atom is 0.135 e. The predicted molar refractivity (Wildman–Crippen MR) is 280 cm³/mol. The predicted octanol–water partition coefficient (Wildman–Crippen LogP) is 17.4. The molecule has 67 heavy (non-hydrogen) atoms. The summed E-state index contributed by atoms with van der Waals surface area (Å²) >= 11 is 0. The average Bonchev–Trinajstić information content (AvgIpc) is 4.01. The Labute approximate surface area is 392 Å². The second-order valence-corrected chi connectivity index (χ2v) is 17.2. The Hall–Kier alpha value is -8.66. The molecule has 0 saturated carbocycles. The Morgan fingerprint density at radius 2 is 0.985 bits per heavy atom. The first-order valence-electron chi connectivity index (χ1n) is 23.0. The molecule has 0 amide bonds. The quantitative estimate of drug-likeness (QED) is 0.128. The molecule has 2 aliphatic carbocycles. The van der Waals surface area contributed by atoms with Crippen LogP contribution in [0, 0.1) is 0 Å². The average molecular weight is 859 g/mol. The molecule has 3 nitrogen and oxygen atoms in total. The number of anilines is 5. The highest BCUT2D eigenvalue weighted by Gasteiger charge is 2.55. The van der Waals surface area contributed by atoms with Crippen LogP contribution in [-0.2, 0) is 5.41 Å². The number of fused-ring (bicyclic) bond motifs is 12. The molecule has 0 saturated heterocycles. The van der Waals surface area contributed by atoms with Gasteiger partial charge in [-0.25, -0.2) is 0 Å². The molecule has 1 atom stereocenters. The minimum absolute atomic E-state index is 0.719. The highest BCUT2D eigenvalue weighted by Crippen LogP contribution is 2.65. The molecule has 10 aromatic rings. The van der Waals surface area contributed by atoms with Crippen LogP contribution in [0.2, 0.25) is 0 Å². The van der Waals surface area contributed by atoms with E-state index in [1.165, 1.54) is 44.5 Å². The van der Waals surface area contributed by atoms with Crippen LogP contribution in [0.5, 0.6) is 0 Å². The third-order valence-electron chi connectivity index (χ3n) is 13.5. The molecule has 1 aromatic heterocycles. The molecule has 318 valence electrons. The molecule has 0 fully saturated rings. The zero-order valence-corrected chi connectivity index (χ0v) is 37.2. The Morgan fingerprint density at radius 1 is 0.463 bits per heavy atom. The lowest BCUT2D eigenvalue weighted by Crippen LogP contribution is -2.26. The van der Waals surface area contributed by atoms with Crippen molar-refractivity contribution in [1.82, 2.24) is 0 Å². The Morgan fingerprint density at radius 3 is 1.69 bits per heavy atom. The van der Waals surface area contributed by atoms with E-state index in [4.69, 9.17) is 4.42 Å². The van der Waals surface area contributed by atoms with Crippen molar-refractivity contribution in [2.45, 2.75) is 12.3 Å². The van der Waals surface area contributed by atoms with Gasteiger partial charge in [0.25, 0.3) is 0 Å². The zero-order valence-electron chi connectivity index (χ0n) is 37.2. The van der Waals surface area contributed by atoms with E-state index in [1.807, 2.05) is 6.08 Å². The third kappa shape index (κ3) is 6.42. The summed E-state index contributed by atoms with van der Waals surface area (Å²) in [5.41, 5.74) is 19.7. The van der Waals surface area contributed by atoms with Crippen molar-refractivity contribution < 1.29 is 4.42 Å². The van der Waals surface area contributed by atoms with Gasteiger partial charge < -0.3 is 14.2 Å². The van der Waals surface area contributed by atoms with Gasteiger partial charge in [-0.1, -0.05) is 170 Å². The van der Waals surface area contributed by atoms with Gasteiger partial charge in [0.2, 0.25) is 0 Å². The van der Waals surface area contributed by atoms with Crippen LogP contribution in [0.15, 0.2) is 265 Å². The van der Waals surface area contributed by atoms with E-state index in [9.17, 15) is 0 Å².